The van der Waals surface area contributed by atoms with Crippen LogP contribution >= 0.6 is 0 Å². The monoisotopic (exact) mass is 376 g/mol. The van der Waals surface area contributed by atoms with Gasteiger partial charge in [0.2, 0.25) is 11.8 Å². The zero-order valence-corrected chi connectivity index (χ0v) is 16.9. The lowest BCUT2D eigenvalue weighted by molar-refractivity contribution is -0.121. The molecule has 1 aromatic carbocycles. The molecule has 1 aliphatic rings. The van der Waals surface area contributed by atoms with Crippen molar-refractivity contribution in [3.8, 4) is 0 Å². The SMILES string of the molecule is COCCN1CCCC(C(=O)Nc2ccc(C)c(NC(=O)CN(C)C)c2)C1. The molecule has 1 unspecified atom stereocenters. The van der Waals surface area contributed by atoms with Gasteiger partial charge in [-0.25, -0.2) is 0 Å². The quantitative estimate of drug-likeness (QED) is 0.724. The molecule has 1 fully saturated rings. The molecule has 0 bridgehead atoms. The van der Waals surface area contributed by atoms with Crippen LogP contribution in [-0.2, 0) is 14.3 Å². The van der Waals surface area contributed by atoms with Gasteiger partial charge in [-0.2, -0.15) is 0 Å². The molecule has 0 saturated carbocycles. The number of aryl methyl sites for hydroxylation is 1. The van der Waals surface area contributed by atoms with Gasteiger partial charge < -0.3 is 25.2 Å². The van der Waals surface area contributed by atoms with Crippen molar-refractivity contribution in [1.29, 1.82) is 0 Å². The molecule has 1 saturated heterocycles. The number of carbonyl (C=O) groups excluding carboxylic acids is 2. The standard InChI is InChI=1S/C20H32N4O3/c1-15-7-8-17(12-18(15)22-19(25)14-23(2)3)21-20(26)16-6-5-9-24(13-16)10-11-27-4/h7-8,12,16H,5-6,9-11,13-14H2,1-4H3,(H,21,26)(H,22,25). The Hall–Kier alpha value is -1.96. The fraction of sp³-hybridized carbons (Fsp3) is 0.600. The van der Waals surface area contributed by atoms with Crippen LogP contribution in [0.4, 0.5) is 11.4 Å². The van der Waals surface area contributed by atoms with E-state index in [1.807, 2.05) is 44.1 Å². The first-order chi connectivity index (χ1) is 12.9. The Morgan fingerprint density at radius 3 is 2.78 bits per heavy atom. The Bertz CT molecular complexity index is 648. The molecule has 0 aliphatic carbocycles. The van der Waals surface area contributed by atoms with Gasteiger partial charge in [0.15, 0.2) is 0 Å². The summed E-state index contributed by atoms with van der Waals surface area (Å²) in [6.07, 6.45) is 1.91. The predicted octanol–water partition coefficient (Wildman–Crippen LogP) is 1.79. The number of hydrogen-bond donors (Lipinski definition) is 2. The molecule has 7 nitrogen and oxygen atoms in total. The first-order valence-corrected chi connectivity index (χ1v) is 9.46. The van der Waals surface area contributed by atoms with Crippen LogP contribution in [0.15, 0.2) is 18.2 Å². The molecule has 0 spiro atoms. The largest absolute Gasteiger partial charge is 0.383 e. The Balaban J connectivity index is 1.97. The Labute approximate surface area is 162 Å². The lowest BCUT2D eigenvalue weighted by Crippen LogP contribution is -2.42. The fourth-order valence-corrected chi connectivity index (χ4v) is 3.25. The number of anilines is 2. The molecule has 1 aliphatic heterocycles. The highest BCUT2D eigenvalue weighted by molar-refractivity contribution is 5.96. The minimum Gasteiger partial charge on any atom is -0.383 e. The molecule has 1 atom stereocenters. The van der Waals surface area contributed by atoms with Gasteiger partial charge >= 0.3 is 0 Å². The van der Waals surface area contributed by atoms with E-state index in [4.69, 9.17) is 4.74 Å². The number of hydrogen-bond acceptors (Lipinski definition) is 5. The summed E-state index contributed by atoms with van der Waals surface area (Å²) in [4.78, 5) is 28.8. The number of nitrogens with one attached hydrogen (secondary N) is 2. The average Bonchev–Trinajstić information content (AvgIpc) is 2.62. The van der Waals surface area contributed by atoms with Crippen molar-refractivity contribution >= 4 is 23.2 Å². The summed E-state index contributed by atoms with van der Waals surface area (Å²) >= 11 is 0. The molecule has 2 rings (SSSR count). The summed E-state index contributed by atoms with van der Waals surface area (Å²) in [6, 6.07) is 5.61. The van der Waals surface area contributed by atoms with E-state index in [1.165, 1.54) is 0 Å². The second-order valence-corrected chi connectivity index (χ2v) is 7.44. The van der Waals surface area contributed by atoms with Crippen molar-refractivity contribution in [2.45, 2.75) is 19.8 Å². The molecular weight excluding hydrogens is 344 g/mol. The average molecular weight is 377 g/mol. The number of rotatable bonds is 8. The number of methoxy groups -OCH3 is 1. The van der Waals surface area contributed by atoms with E-state index < -0.39 is 0 Å². The lowest BCUT2D eigenvalue weighted by Gasteiger charge is -2.31. The molecular formula is C20H32N4O3. The van der Waals surface area contributed by atoms with E-state index in [2.05, 4.69) is 15.5 Å². The van der Waals surface area contributed by atoms with Gasteiger partial charge in [0.1, 0.15) is 0 Å². The van der Waals surface area contributed by atoms with Crippen LogP contribution in [-0.4, -0.2) is 75.6 Å². The summed E-state index contributed by atoms with van der Waals surface area (Å²) in [5.41, 5.74) is 2.40. The molecule has 1 heterocycles. The van der Waals surface area contributed by atoms with Crippen LogP contribution in [0.3, 0.4) is 0 Å². The van der Waals surface area contributed by atoms with Gasteiger partial charge in [0.25, 0.3) is 0 Å². The topological polar surface area (TPSA) is 73.9 Å². The molecule has 2 amide bonds. The van der Waals surface area contributed by atoms with Gasteiger partial charge in [-0.1, -0.05) is 6.07 Å². The number of nitrogens with zero attached hydrogens (tertiary/aromatic N) is 2. The molecule has 0 aromatic heterocycles. The highest BCUT2D eigenvalue weighted by atomic mass is 16.5. The van der Waals surface area contributed by atoms with Crippen LogP contribution in [0.2, 0.25) is 0 Å². The van der Waals surface area contributed by atoms with E-state index in [1.54, 1.807) is 7.11 Å². The van der Waals surface area contributed by atoms with E-state index in [9.17, 15) is 9.59 Å². The molecule has 1 aromatic rings. The second kappa shape index (κ2) is 10.4. The maximum atomic E-state index is 12.7. The van der Waals surface area contributed by atoms with Gasteiger partial charge in [0.05, 0.1) is 19.1 Å². The third-order valence-corrected chi connectivity index (χ3v) is 4.73. The number of likely N-dealkylation sites (tertiary alicyclic amines) is 1. The molecule has 2 N–H and O–H groups in total. The molecule has 150 valence electrons. The highest BCUT2D eigenvalue weighted by Gasteiger charge is 2.25. The summed E-state index contributed by atoms with van der Waals surface area (Å²) in [5.74, 6) is -0.0668. The number of ether oxygens (including phenoxy) is 1. The van der Waals surface area contributed by atoms with Crippen LogP contribution in [0.25, 0.3) is 0 Å². The van der Waals surface area contributed by atoms with Crippen molar-refractivity contribution in [2.24, 2.45) is 5.92 Å². The Kier molecular flexibility index (Phi) is 8.22. The highest BCUT2D eigenvalue weighted by Crippen LogP contribution is 2.23. The van der Waals surface area contributed by atoms with Crippen molar-refractivity contribution in [3.63, 3.8) is 0 Å². The maximum absolute atomic E-state index is 12.7. The van der Waals surface area contributed by atoms with Crippen LogP contribution in [0.1, 0.15) is 18.4 Å². The number of amides is 2. The third kappa shape index (κ3) is 6.93. The Morgan fingerprint density at radius 2 is 2.07 bits per heavy atom. The summed E-state index contributed by atoms with van der Waals surface area (Å²) in [6.45, 7) is 5.56. The number of piperidine rings is 1. The van der Waals surface area contributed by atoms with Crippen molar-refractivity contribution in [1.82, 2.24) is 9.80 Å². The first kappa shape index (κ1) is 21.3. The van der Waals surface area contributed by atoms with Gasteiger partial charge in [-0.05, 0) is 58.1 Å². The lowest BCUT2D eigenvalue weighted by atomic mass is 9.97. The second-order valence-electron chi connectivity index (χ2n) is 7.44. The van der Waals surface area contributed by atoms with Crippen molar-refractivity contribution < 1.29 is 14.3 Å². The molecule has 7 heteroatoms. The van der Waals surface area contributed by atoms with Gasteiger partial charge in [0, 0.05) is 31.6 Å². The Morgan fingerprint density at radius 1 is 1.30 bits per heavy atom. The maximum Gasteiger partial charge on any atom is 0.238 e. The molecule has 27 heavy (non-hydrogen) atoms. The van der Waals surface area contributed by atoms with Crippen LogP contribution < -0.4 is 10.6 Å². The van der Waals surface area contributed by atoms with Crippen molar-refractivity contribution in [2.75, 3.05) is 64.6 Å². The molecule has 0 radical (unpaired) electrons. The predicted molar refractivity (Wildman–Crippen MR) is 108 cm³/mol. The zero-order valence-electron chi connectivity index (χ0n) is 16.9. The minimum absolute atomic E-state index is 0.0244. The number of likely N-dealkylation sites (N-methyl/N-ethyl adjacent to an activating group) is 1. The zero-order chi connectivity index (χ0) is 19.8. The van der Waals surface area contributed by atoms with Crippen molar-refractivity contribution in [3.05, 3.63) is 23.8 Å². The summed E-state index contributed by atoms with van der Waals surface area (Å²) < 4.78 is 5.14. The third-order valence-electron chi connectivity index (χ3n) is 4.73. The van der Waals surface area contributed by atoms with E-state index in [-0.39, 0.29) is 17.7 Å². The number of benzene rings is 1. The smallest absolute Gasteiger partial charge is 0.238 e. The fourth-order valence-electron chi connectivity index (χ4n) is 3.25. The summed E-state index contributed by atoms with van der Waals surface area (Å²) in [7, 11) is 5.40. The van der Waals surface area contributed by atoms with Gasteiger partial charge in [-0.15, -0.1) is 0 Å². The van der Waals surface area contributed by atoms with E-state index in [0.29, 0.717) is 18.8 Å². The first-order valence-electron chi connectivity index (χ1n) is 9.46. The summed E-state index contributed by atoms with van der Waals surface area (Å²) in [5, 5.41) is 5.92. The van der Waals surface area contributed by atoms with E-state index >= 15 is 0 Å². The minimum atomic E-state index is -0.0763. The normalized spacial score (nSPS) is 17.7. The van der Waals surface area contributed by atoms with Crippen LogP contribution in [0.5, 0.6) is 0 Å². The van der Waals surface area contributed by atoms with Gasteiger partial charge in [-0.3, -0.25) is 9.59 Å². The van der Waals surface area contributed by atoms with Crippen LogP contribution in [0, 0.1) is 12.8 Å². The van der Waals surface area contributed by atoms with E-state index in [0.717, 1.165) is 43.7 Å². The number of carbonyl (C=O) groups is 2.